The molecule has 2 heterocycles. The molecule has 1 aromatic heterocycles. The van der Waals surface area contributed by atoms with Gasteiger partial charge in [-0.25, -0.2) is 4.68 Å². The number of hydrogen-bond donors (Lipinski definition) is 1. The van der Waals surface area contributed by atoms with Crippen molar-refractivity contribution >= 4 is 11.9 Å². The molecule has 1 N–H and O–H groups in total. The van der Waals surface area contributed by atoms with E-state index in [4.69, 9.17) is 4.74 Å². The van der Waals surface area contributed by atoms with Crippen LogP contribution in [0.5, 0.6) is 5.75 Å². The Labute approximate surface area is 152 Å². The highest BCUT2D eigenvalue weighted by Crippen LogP contribution is 2.32. The minimum Gasteiger partial charge on any atom is -0.489 e. The molecule has 0 bridgehead atoms. The number of benzene rings is 1. The van der Waals surface area contributed by atoms with Crippen molar-refractivity contribution < 1.29 is 19.4 Å². The summed E-state index contributed by atoms with van der Waals surface area (Å²) < 4.78 is 7.34. The number of carbonyl (C=O) groups is 2. The van der Waals surface area contributed by atoms with Crippen molar-refractivity contribution in [2.24, 2.45) is 5.41 Å². The van der Waals surface area contributed by atoms with Gasteiger partial charge in [0.1, 0.15) is 0 Å². The van der Waals surface area contributed by atoms with Gasteiger partial charge < -0.3 is 14.7 Å². The first-order chi connectivity index (χ1) is 12.4. The van der Waals surface area contributed by atoms with Crippen LogP contribution in [-0.4, -0.2) is 51.4 Å². The smallest absolute Gasteiger partial charge is 0.311 e. The van der Waals surface area contributed by atoms with E-state index < -0.39 is 11.4 Å². The fourth-order valence-electron chi connectivity index (χ4n) is 3.00. The molecule has 1 aromatic carbocycles. The van der Waals surface area contributed by atoms with Crippen molar-refractivity contribution in [3.05, 3.63) is 42.2 Å². The number of nitrogens with zero attached hydrogens (tertiary/aromatic N) is 3. The van der Waals surface area contributed by atoms with Crippen molar-refractivity contribution in [1.82, 2.24) is 14.7 Å². The molecule has 1 amide bonds. The molecule has 0 radical (unpaired) electrons. The van der Waals surface area contributed by atoms with Crippen LogP contribution in [0.4, 0.5) is 0 Å². The lowest BCUT2D eigenvalue weighted by molar-refractivity contribution is -0.147. The highest BCUT2D eigenvalue weighted by atomic mass is 16.5. The van der Waals surface area contributed by atoms with Crippen LogP contribution in [0.3, 0.4) is 0 Å². The van der Waals surface area contributed by atoms with E-state index in [0.717, 1.165) is 12.1 Å². The maximum Gasteiger partial charge on any atom is 0.311 e. The van der Waals surface area contributed by atoms with Gasteiger partial charge in [0.25, 0.3) is 5.91 Å². The molecular formula is C19H23N3O4. The minimum atomic E-state index is -0.915. The molecule has 3 rings (SSSR count). The van der Waals surface area contributed by atoms with Crippen LogP contribution in [-0.2, 0) is 4.79 Å². The van der Waals surface area contributed by atoms with Crippen molar-refractivity contribution in [3.63, 3.8) is 0 Å². The number of likely N-dealkylation sites (tertiary alicyclic amines) is 1. The Morgan fingerprint density at radius 2 is 2.04 bits per heavy atom. The molecule has 26 heavy (non-hydrogen) atoms. The number of carboxylic acids is 1. The van der Waals surface area contributed by atoms with E-state index in [1.807, 2.05) is 37.3 Å². The molecule has 1 atom stereocenters. The monoisotopic (exact) mass is 357 g/mol. The predicted octanol–water partition coefficient (Wildman–Crippen LogP) is 2.60. The summed E-state index contributed by atoms with van der Waals surface area (Å²) in [4.78, 5) is 26.0. The molecule has 1 unspecified atom stereocenters. The Kier molecular flexibility index (Phi) is 4.97. The van der Waals surface area contributed by atoms with Crippen LogP contribution in [0, 0.1) is 5.41 Å². The van der Waals surface area contributed by atoms with Crippen LogP contribution < -0.4 is 4.74 Å². The maximum atomic E-state index is 13.0. The van der Waals surface area contributed by atoms with E-state index in [1.165, 1.54) is 0 Å². The SMILES string of the molecule is CCCOc1cn(-c2ccccc2)nc1C(=O)N1CCC(C)(C(=O)O)C1. The largest absolute Gasteiger partial charge is 0.489 e. The van der Waals surface area contributed by atoms with Gasteiger partial charge in [-0.2, -0.15) is 5.10 Å². The quantitative estimate of drug-likeness (QED) is 0.859. The van der Waals surface area contributed by atoms with Gasteiger partial charge in [0.15, 0.2) is 11.4 Å². The molecular weight excluding hydrogens is 334 g/mol. The lowest BCUT2D eigenvalue weighted by Gasteiger charge is -2.19. The first-order valence-electron chi connectivity index (χ1n) is 8.75. The van der Waals surface area contributed by atoms with Crippen molar-refractivity contribution in [2.75, 3.05) is 19.7 Å². The van der Waals surface area contributed by atoms with E-state index in [2.05, 4.69) is 5.10 Å². The Bertz CT molecular complexity index is 802. The lowest BCUT2D eigenvalue weighted by Crippen LogP contribution is -2.35. The predicted molar refractivity (Wildman–Crippen MR) is 95.6 cm³/mol. The number of rotatable bonds is 6. The van der Waals surface area contributed by atoms with E-state index in [1.54, 1.807) is 22.7 Å². The second-order valence-electron chi connectivity index (χ2n) is 6.81. The van der Waals surface area contributed by atoms with Gasteiger partial charge >= 0.3 is 5.97 Å². The zero-order chi connectivity index (χ0) is 18.7. The Hall–Kier alpha value is -2.83. The van der Waals surface area contributed by atoms with Crippen LogP contribution >= 0.6 is 0 Å². The maximum absolute atomic E-state index is 13.0. The van der Waals surface area contributed by atoms with Gasteiger partial charge in [-0.1, -0.05) is 25.1 Å². The summed E-state index contributed by atoms with van der Waals surface area (Å²) >= 11 is 0. The van der Waals surface area contributed by atoms with E-state index in [0.29, 0.717) is 25.3 Å². The van der Waals surface area contributed by atoms with Crippen LogP contribution in [0.2, 0.25) is 0 Å². The van der Waals surface area contributed by atoms with Crippen LogP contribution in [0.25, 0.3) is 5.69 Å². The summed E-state index contributed by atoms with van der Waals surface area (Å²) in [7, 11) is 0. The average Bonchev–Trinajstić information content (AvgIpc) is 3.25. The molecule has 1 aliphatic rings. The Morgan fingerprint density at radius 3 is 2.65 bits per heavy atom. The molecule has 0 spiro atoms. The van der Waals surface area contributed by atoms with Gasteiger partial charge in [0, 0.05) is 13.1 Å². The summed E-state index contributed by atoms with van der Waals surface area (Å²) in [6.07, 6.45) is 2.94. The van der Waals surface area contributed by atoms with Gasteiger partial charge in [0.2, 0.25) is 0 Å². The van der Waals surface area contributed by atoms with Gasteiger partial charge in [-0.05, 0) is 31.9 Å². The molecule has 7 nitrogen and oxygen atoms in total. The first-order valence-corrected chi connectivity index (χ1v) is 8.75. The van der Waals surface area contributed by atoms with Crippen molar-refractivity contribution in [3.8, 4) is 11.4 Å². The van der Waals surface area contributed by atoms with Gasteiger partial charge in [-0.3, -0.25) is 9.59 Å². The molecule has 7 heteroatoms. The number of carboxylic acid groups (broad SMARTS) is 1. The molecule has 0 saturated carbocycles. The zero-order valence-corrected chi connectivity index (χ0v) is 15.0. The summed E-state index contributed by atoms with van der Waals surface area (Å²) in [6.45, 7) is 4.70. The average molecular weight is 357 g/mol. The second kappa shape index (κ2) is 7.19. The Morgan fingerprint density at radius 1 is 1.31 bits per heavy atom. The number of amides is 1. The third kappa shape index (κ3) is 3.42. The van der Waals surface area contributed by atoms with Gasteiger partial charge in [-0.15, -0.1) is 0 Å². The topological polar surface area (TPSA) is 84.7 Å². The fourth-order valence-corrected chi connectivity index (χ4v) is 3.00. The lowest BCUT2D eigenvalue weighted by atomic mass is 9.90. The summed E-state index contributed by atoms with van der Waals surface area (Å²) in [5.41, 5.74) is 0.129. The van der Waals surface area contributed by atoms with Crippen LogP contribution in [0.1, 0.15) is 37.2 Å². The highest BCUT2D eigenvalue weighted by Gasteiger charge is 2.43. The minimum absolute atomic E-state index is 0.173. The molecule has 138 valence electrons. The number of hydrogen-bond acceptors (Lipinski definition) is 4. The normalized spacial score (nSPS) is 19.5. The molecule has 2 aromatic rings. The van der Waals surface area contributed by atoms with Crippen LogP contribution in [0.15, 0.2) is 36.5 Å². The highest BCUT2D eigenvalue weighted by molar-refractivity contribution is 5.95. The molecule has 0 aliphatic carbocycles. The first kappa shape index (κ1) is 18.0. The number of aliphatic carboxylic acids is 1. The standard InChI is InChI=1S/C19H23N3O4/c1-3-11-26-15-12-22(14-7-5-4-6-8-14)20-16(15)17(23)21-10-9-19(2,13-21)18(24)25/h4-8,12H,3,9-11,13H2,1-2H3,(H,24,25). The van der Waals surface area contributed by atoms with E-state index >= 15 is 0 Å². The molecule has 1 saturated heterocycles. The van der Waals surface area contributed by atoms with E-state index in [9.17, 15) is 14.7 Å². The van der Waals surface area contributed by atoms with Crippen molar-refractivity contribution in [2.45, 2.75) is 26.7 Å². The number of ether oxygens (including phenoxy) is 1. The number of aromatic nitrogens is 2. The summed E-state index contributed by atoms with van der Waals surface area (Å²) in [5.74, 6) is -0.759. The van der Waals surface area contributed by atoms with Crippen molar-refractivity contribution in [1.29, 1.82) is 0 Å². The third-order valence-electron chi connectivity index (χ3n) is 4.64. The second-order valence-corrected chi connectivity index (χ2v) is 6.81. The number of para-hydroxylation sites is 1. The molecule has 1 aliphatic heterocycles. The third-order valence-corrected chi connectivity index (χ3v) is 4.64. The summed E-state index contributed by atoms with van der Waals surface area (Å²) in [6, 6.07) is 9.47. The number of carbonyl (C=O) groups excluding carboxylic acids is 1. The Balaban J connectivity index is 1.89. The molecule has 1 fully saturated rings. The summed E-state index contributed by atoms with van der Waals surface area (Å²) in [5, 5.41) is 13.8. The zero-order valence-electron chi connectivity index (χ0n) is 15.0. The fraction of sp³-hybridized carbons (Fsp3) is 0.421. The van der Waals surface area contributed by atoms with Gasteiger partial charge in [0.05, 0.1) is 23.9 Å². The van der Waals surface area contributed by atoms with E-state index in [-0.39, 0.29) is 18.1 Å².